The number of hydrogen-bond donors (Lipinski definition) is 1. The van der Waals surface area contributed by atoms with E-state index in [9.17, 15) is 9.59 Å². The van der Waals surface area contributed by atoms with Gasteiger partial charge in [0.05, 0.1) is 25.0 Å². The largest absolute Gasteiger partial charge is 0.497 e. The first-order valence-corrected chi connectivity index (χ1v) is 11.6. The van der Waals surface area contributed by atoms with Crippen molar-refractivity contribution in [1.82, 2.24) is 10.2 Å². The minimum absolute atomic E-state index is 0.0740. The van der Waals surface area contributed by atoms with E-state index in [1.165, 1.54) is 11.3 Å². The van der Waals surface area contributed by atoms with E-state index >= 15 is 0 Å². The molecule has 10 heteroatoms. The van der Waals surface area contributed by atoms with E-state index in [4.69, 9.17) is 13.9 Å². The number of anilines is 1. The monoisotopic (exact) mass is 459 g/mol. The number of fused-ring (bicyclic) bond motifs is 1. The van der Waals surface area contributed by atoms with Crippen LogP contribution in [0.4, 0.5) is 5.00 Å². The van der Waals surface area contributed by atoms with Crippen molar-refractivity contribution in [1.29, 1.82) is 0 Å². The molecule has 4 rings (SSSR count). The Balaban J connectivity index is 1.40. The van der Waals surface area contributed by atoms with E-state index < -0.39 is 0 Å². The predicted molar refractivity (Wildman–Crippen MR) is 118 cm³/mol. The lowest BCUT2D eigenvalue weighted by Gasteiger charge is -2.07. The summed E-state index contributed by atoms with van der Waals surface area (Å²) in [6.45, 7) is 2.06. The second kappa shape index (κ2) is 9.52. The fourth-order valence-electron chi connectivity index (χ4n) is 3.34. The highest BCUT2D eigenvalue weighted by Crippen LogP contribution is 2.39. The zero-order chi connectivity index (χ0) is 21.8. The molecule has 0 unspecified atom stereocenters. The maximum atomic E-state index is 12.5. The number of carbonyl (C=O) groups excluding carboxylic acids is 2. The molecular weight excluding hydrogens is 438 g/mol. The molecule has 1 amide bonds. The van der Waals surface area contributed by atoms with Crippen molar-refractivity contribution in [3.05, 3.63) is 40.3 Å². The Morgan fingerprint density at radius 3 is 2.97 bits per heavy atom. The highest BCUT2D eigenvalue weighted by molar-refractivity contribution is 7.99. The molecule has 0 radical (unpaired) electrons. The van der Waals surface area contributed by atoms with Crippen LogP contribution in [-0.2, 0) is 22.4 Å². The van der Waals surface area contributed by atoms with E-state index in [1.54, 1.807) is 20.1 Å². The molecule has 2 aromatic heterocycles. The Morgan fingerprint density at radius 1 is 1.29 bits per heavy atom. The Bertz CT molecular complexity index is 1110. The van der Waals surface area contributed by atoms with Crippen LogP contribution in [0.25, 0.3) is 11.5 Å². The van der Waals surface area contributed by atoms with Gasteiger partial charge in [-0.25, -0.2) is 4.79 Å². The number of benzene rings is 1. The number of hydrogen-bond acceptors (Lipinski definition) is 9. The van der Waals surface area contributed by atoms with Gasteiger partial charge >= 0.3 is 5.97 Å². The molecule has 162 valence electrons. The second-order valence-corrected chi connectivity index (χ2v) is 8.76. The maximum Gasteiger partial charge on any atom is 0.341 e. The zero-order valence-electron chi connectivity index (χ0n) is 17.1. The Kier molecular flexibility index (Phi) is 6.57. The third kappa shape index (κ3) is 4.75. The Labute approximate surface area is 187 Å². The Hall–Kier alpha value is -2.85. The normalized spacial score (nSPS) is 12.5. The lowest BCUT2D eigenvalue weighted by Crippen LogP contribution is -2.16. The third-order valence-corrected chi connectivity index (χ3v) is 6.73. The number of nitrogens with one attached hydrogen (secondary N) is 1. The van der Waals surface area contributed by atoms with Gasteiger partial charge in [0.1, 0.15) is 10.8 Å². The van der Waals surface area contributed by atoms with Gasteiger partial charge in [0.15, 0.2) is 0 Å². The summed E-state index contributed by atoms with van der Waals surface area (Å²) in [6, 6.07) is 7.29. The van der Waals surface area contributed by atoms with Gasteiger partial charge in [-0.1, -0.05) is 17.8 Å². The van der Waals surface area contributed by atoms with E-state index in [1.807, 2.05) is 18.2 Å². The molecule has 0 fully saturated rings. The lowest BCUT2D eigenvalue weighted by molar-refractivity contribution is -0.113. The van der Waals surface area contributed by atoms with Crippen LogP contribution in [0.2, 0.25) is 0 Å². The standard InChI is InChI=1S/C21H21N3O5S2/c1-3-28-20(26)17-14-8-5-9-15(14)31-19(17)22-16(25)11-30-21-24-23-18(29-21)12-6-4-7-13(10-12)27-2/h4,6-7,10H,3,5,8-9,11H2,1-2H3,(H,22,25). The number of thiophene rings is 1. The summed E-state index contributed by atoms with van der Waals surface area (Å²) in [6.07, 6.45) is 2.77. The molecule has 0 bridgehead atoms. The summed E-state index contributed by atoms with van der Waals surface area (Å²) < 4.78 is 16.0. The Morgan fingerprint density at radius 2 is 2.16 bits per heavy atom. The molecule has 3 aromatic rings. The smallest absolute Gasteiger partial charge is 0.341 e. The average molecular weight is 460 g/mol. The van der Waals surface area contributed by atoms with E-state index in [0.717, 1.165) is 47.0 Å². The number of rotatable bonds is 8. The van der Waals surface area contributed by atoms with Crippen LogP contribution in [0.3, 0.4) is 0 Å². The molecule has 1 aliphatic rings. The van der Waals surface area contributed by atoms with Gasteiger partial charge in [-0.3, -0.25) is 4.79 Å². The van der Waals surface area contributed by atoms with Crippen molar-refractivity contribution in [2.45, 2.75) is 31.4 Å². The molecule has 0 spiro atoms. The highest BCUT2D eigenvalue weighted by Gasteiger charge is 2.28. The molecule has 0 saturated carbocycles. The first kappa shape index (κ1) is 21.4. The summed E-state index contributed by atoms with van der Waals surface area (Å²) >= 11 is 2.59. The van der Waals surface area contributed by atoms with Crippen molar-refractivity contribution >= 4 is 40.0 Å². The molecule has 8 nitrogen and oxygen atoms in total. The molecule has 1 aromatic carbocycles. The van der Waals surface area contributed by atoms with Crippen LogP contribution >= 0.6 is 23.1 Å². The number of esters is 1. The molecule has 2 heterocycles. The van der Waals surface area contributed by atoms with Crippen LogP contribution in [0, 0.1) is 0 Å². The fourth-order valence-corrected chi connectivity index (χ4v) is 5.20. The van der Waals surface area contributed by atoms with Gasteiger partial charge < -0.3 is 19.2 Å². The topological polar surface area (TPSA) is 104 Å². The van der Waals surface area contributed by atoms with Crippen LogP contribution in [0.5, 0.6) is 5.75 Å². The van der Waals surface area contributed by atoms with Crippen LogP contribution in [-0.4, -0.2) is 41.5 Å². The van der Waals surface area contributed by atoms with Gasteiger partial charge in [-0.15, -0.1) is 21.5 Å². The average Bonchev–Trinajstić information content (AvgIpc) is 3.48. The summed E-state index contributed by atoms with van der Waals surface area (Å²) in [5.74, 6) is 0.469. The number of nitrogens with zero attached hydrogens (tertiary/aromatic N) is 2. The summed E-state index contributed by atoms with van der Waals surface area (Å²) in [7, 11) is 1.59. The van der Waals surface area contributed by atoms with Gasteiger partial charge in [0, 0.05) is 10.4 Å². The van der Waals surface area contributed by atoms with Crippen LogP contribution in [0.1, 0.15) is 34.1 Å². The maximum absolute atomic E-state index is 12.5. The third-order valence-electron chi connectivity index (χ3n) is 4.70. The SMILES string of the molecule is CCOC(=O)c1c(NC(=O)CSc2nnc(-c3cccc(OC)c3)o2)sc2c1CCC2. The fraction of sp³-hybridized carbons (Fsp3) is 0.333. The molecular formula is C21H21N3O5S2. The van der Waals surface area contributed by atoms with Gasteiger partial charge in [-0.2, -0.15) is 0 Å². The van der Waals surface area contributed by atoms with E-state index in [-0.39, 0.29) is 22.9 Å². The number of aromatic nitrogens is 2. The second-order valence-electron chi connectivity index (χ2n) is 6.72. The summed E-state index contributed by atoms with van der Waals surface area (Å²) in [5, 5.41) is 11.7. The number of ether oxygens (including phenoxy) is 2. The molecule has 0 aliphatic heterocycles. The quantitative estimate of drug-likeness (QED) is 0.395. The van der Waals surface area contributed by atoms with Gasteiger partial charge in [0.25, 0.3) is 5.22 Å². The first-order chi connectivity index (χ1) is 15.1. The van der Waals surface area contributed by atoms with Crippen molar-refractivity contribution in [2.24, 2.45) is 0 Å². The minimum atomic E-state index is -0.385. The molecule has 0 saturated heterocycles. The lowest BCUT2D eigenvalue weighted by atomic mass is 10.1. The first-order valence-electron chi connectivity index (χ1n) is 9.81. The summed E-state index contributed by atoms with van der Waals surface area (Å²) in [5.41, 5.74) is 2.23. The molecule has 1 aliphatic carbocycles. The van der Waals surface area contributed by atoms with Crippen LogP contribution < -0.4 is 10.1 Å². The molecule has 31 heavy (non-hydrogen) atoms. The van der Waals surface area contributed by atoms with Crippen molar-refractivity contribution in [2.75, 3.05) is 24.8 Å². The minimum Gasteiger partial charge on any atom is -0.497 e. The van der Waals surface area contributed by atoms with Crippen molar-refractivity contribution < 1.29 is 23.5 Å². The van der Waals surface area contributed by atoms with Crippen LogP contribution in [0.15, 0.2) is 33.9 Å². The van der Waals surface area contributed by atoms with Gasteiger partial charge in [-0.05, 0) is 49.9 Å². The predicted octanol–water partition coefficient (Wildman–Crippen LogP) is 4.20. The van der Waals surface area contributed by atoms with E-state index in [2.05, 4.69) is 15.5 Å². The number of amides is 1. The number of aryl methyl sites for hydroxylation is 1. The van der Waals surface area contributed by atoms with Crippen molar-refractivity contribution in [3.8, 4) is 17.2 Å². The zero-order valence-corrected chi connectivity index (χ0v) is 18.7. The molecule has 0 atom stereocenters. The number of carbonyl (C=O) groups is 2. The number of thioether (sulfide) groups is 1. The van der Waals surface area contributed by atoms with E-state index in [0.29, 0.717) is 28.8 Å². The molecule has 1 N–H and O–H groups in total. The van der Waals surface area contributed by atoms with Crippen molar-refractivity contribution in [3.63, 3.8) is 0 Å². The number of methoxy groups -OCH3 is 1. The highest BCUT2D eigenvalue weighted by atomic mass is 32.2. The summed E-state index contributed by atoms with van der Waals surface area (Å²) in [4.78, 5) is 26.1. The van der Waals surface area contributed by atoms with Gasteiger partial charge in [0.2, 0.25) is 11.8 Å².